The Morgan fingerprint density at radius 3 is 3.18 bits per heavy atom. The van der Waals surface area contributed by atoms with Crippen LogP contribution in [0.25, 0.3) is 10.6 Å². The molecule has 3 heterocycles. The number of morpholine rings is 1. The first-order chi connectivity index (χ1) is 10.7. The van der Waals surface area contributed by atoms with Crippen LogP contribution in [0.15, 0.2) is 28.4 Å². The fourth-order valence-corrected chi connectivity index (χ4v) is 3.24. The summed E-state index contributed by atoms with van der Waals surface area (Å²) in [6.07, 6.45) is 3.21. The van der Waals surface area contributed by atoms with Crippen LogP contribution in [0.5, 0.6) is 0 Å². The number of hydrogen-bond donors (Lipinski definition) is 1. The summed E-state index contributed by atoms with van der Waals surface area (Å²) in [6.45, 7) is 2.75. The second-order valence-corrected chi connectivity index (χ2v) is 6.22. The number of hydrogen-bond acceptors (Lipinski definition) is 6. The molecule has 0 radical (unpaired) electrons. The van der Waals surface area contributed by atoms with Gasteiger partial charge in [0.05, 0.1) is 43.7 Å². The summed E-state index contributed by atoms with van der Waals surface area (Å²) in [5.74, 6) is 0.0123. The number of ether oxygens (including phenoxy) is 1. The van der Waals surface area contributed by atoms with Crippen molar-refractivity contribution in [3.05, 3.63) is 29.7 Å². The molecule has 6 nitrogen and oxygen atoms in total. The average Bonchev–Trinajstić information content (AvgIpc) is 3.18. The summed E-state index contributed by atoms with van der Waals surface area (Å²) in [5, 5.41) is 11.9. The molecule has 2 unspecified atom stereocenters. The topological polar surface area (TPSA) is 75.8 Å². The number of aliphatic hydroxyl groups is 1. The predicted molar refractivity (Wildman–Crippen MR) is 81.5 cm³/mol. The second kappa shape index (κ2) is 6.60. The smallest absolute Gasteiger partial charge is 0.229 e. The number of thiazole rings is 1. The van der Waals surface area contributed by atoms with Crippen LogP contribution in [-0.2, 0) is 16.0 Å². The van der Waals surface area contributed by atoms with Crippen LogP contribution in [0, 0.1) is 0 Å². The van der Waals surface area contributed by atoms with Gasteiger partial charge in [-0.15, -0.1) is 11.3 Å². The number of carbonyl (C=O) groups is 1. The fourth-order valence-electron chi connectivity index (χ4n) is 2.44. The van der Waals surface area contributed by atoms with Crippen LogP contribution < -0.4 is 0 Å². The van der Waals surface area contributed by atoms with Gasteiger partial charge in [0.2, 0.25) is 5.91 Å². The van der Waals surface area contributed by atoms with Gasteiger partial charge in [0.1, 0.15) is 11.3 Å². The first-order valence-corrected chi connectivity index (χ1v) is 8.04. The molecule has 2 atom stereocenters. The monoisotopic (exact) mass is 322 g/mol. The molecule has 118 valence electrons. The molecular formula is C15H18N2O4S. The highest BCUT2D eigenvalue weighted by Gasteiger charge is 2.29. The van der Waals surface area contributed by atoms with Gasteiger partial charge in [0, 0.05) is 17.5 Å². The van der Waals surface area contributed by atoms with E-state index in [4.69, 9.17) is 9.15 Å². The molecule has 0 bridgehead atoms. The highest BCUT2D eigenvalue weighted by Crippen LogP contribution is 2.24. The highest BCUT2D eigenvalue weighted by molar-refractivity contribution is 7.13. The lowest BCUT2D eigenvalue weighted by Gasteiger charge is -2.37. The van der Waals surface area contributed by atoms with Crippen LogP contribution >= 0.6 is 11.3 Å². The summed E-state index contributed by atoms with van der Waals surface area (Å²) >= 11 is 1.50. The molecule has 3 rings (SSSR count). The van der Waals surface area contributed by atoms with Gasteiger partial charge in [-0.3, -0.25) is 4.79 Å². The molecule has 1 fully saturated rings. The first kappa shape index (κ1) is 15.2. The van der Waals surface area contributed by atoms with E-state index in [2.05, 4.69) is 4.98 Å². The third kappa shape index (κ3) is 3.21. The lowest BCUT2D eigenvalue weighted by molar-refractivity contribution is -0.145. The van der Waals surface area contributed by atoms with E-state index in [0.717, 1.165) is 16.3 Å². The molecule has 1 saturated heterocycles. The Morgan fingerprint density at radius 2 is 2.45 bits per heavy atom. The predicted octanol–water partition coefficient (Wildman–Crippen LogP) is 1.55. The summed E-state index contributed by atoms with van der Waals surface area (Å²) < 4.78 is 10.5. The van der Waals surface area contributed by atoms with Gasteiger partial charge in [-0.25, -0.2) is 4.98 Å². The van der Waals surface area contributed by atoms with Crippen LogP contribution in [-0.4, -0.2) is 52.8 Å². The molecule has 0 spiro atoms. The molecule has 1 amide bonds. The maximum atomic E-state index is 12.5. The van der Waals surface area contributed by atoms with Gasteiger partial charge in [0.25, 0.3) is 0 Å². The summed E-state index contributed by atoms with van der Waals surface area (Å²) in [6, 6.07) is 1.86. The van der Waals surface area contributed by atoms with Gasteiger partial charge in [-0.05, 0) is 13.0 Å². The lowest BCUT2D eigenvalue weighted by Crippen LogP contribution is -2.52. The van der Waals surface area contributed by atoms with Crippen molar-refractivity contribution in [3.63, 3.8) is 0 Å². The molecule has 0 aliphatic carbocycles. The van der Waals surface area contributed by atoms with Crippen molar-refractivity contribution in [2.45, 2.75) is 25.5 Å². The van der Waals surface area contributed by atoms with Crippen molar-refractivity contribution in [1.29, 1.82) is 0 Å². The average molecular weight is 322 g/mol. The van der Waals surface area contributed by atoms with E-state index >= 15 is 0 Å². The second-order valence-electron chi connectivity index (χ2n) is 5.37. The van der Waals surface area contributed by atoms with Crippen LogP contribution in [0.3, 0.4) is 0 Å². The van der Waals surface area contributed by atoms with Gasteiger partial charge in [-0.2, -0.15) is 0 Å². The molecule has 22 heavy (non-hydrogen) atoms. The molecule has 2 aromatic rings. The largest absolute Gasteiger partial charge is 0.472 e. The Labute approximate surface area is 132 Å². The zero-order valence-corrected chi connectivity index (χ0v) is 13.1. The summed E-state index contributed by atoms with van der Waals surface area (Å²) in [7, 11) is 0. The Kier molecular flexibility index (Phi) is 4.56. The van der Waals surface area contributed by atoms with E-state index in [1.807, 2.05) is 18.4 Å². The van der Waals surface area contributed by atoms with Crippen molar-refractivity contribution in [2.75, 3.05) is 19.8 Å². The minimum atomic E-state index is -0.294. The van der Waals surface area contributed by atoms with Gasteiger partial charge >= 0.3 is 0 Å². The minimum Gasteiger partial charge on any atom is -0.472 e. The summed E-state index contributed by atoms with van der Waals surface area (Å²) in [4.78, 5) is 18.7. The molecule has 0 saturated carbocycles. The molecular weight excluding hydrogens is 304 g/mol. The molecule has 7 heteroatoms. The van der Waals surface area contributed by atoms with Crippen molar-refractivity contribution >= 4 is 17.2 Å². The van der Waals surface area contributed by atoms with Crippen molar-refractivity contribution in [1.82, 2.24) is 9.88 Å². The number of nitrogens with zero attached hydrogens (tertiary/aromatic N) is 2. The van der Waals surface area contributed by atoms with Gasteiger partial charge in [-0.1, -0.05) is 0 Å². The highest BCUT2D eigenvalue weighted by atomic mass is 32.1. The third-order valence-electron chi connectivity index (χ3n) is 3.68. The Bertz CT molecular complexity index is 625. The fraction of sp³-hybridized carbons (Fsp3) is 0.467. The zero-order valence-electron chi connectivity index (χ0n) is 12.3. The van der Waals surface area contributed by atoms with E-state index in [-0.39, 0.29) is 31.1 Å². The maximum Gasteiger partial charge on any atom is 0.229 e. The zero-order chi connectivity index (χ0) is 15.5. The van der Waals surface area contributed by atoms with E-state index in [1.54, 1.807) is 17.4 Å². The van der Waals surface area contributed by atoms with Crippen LogP contribution in [0.2, 0.25) is 0 Å². The number of carbonyl (C=O) groups excluding carboxylic acids is 1. The normalized spacial score (nSPS) is 22.0. The third-order valence-corrected chi connectivity index (χ3v) is 4.62. The molecule has 0 aromatic carbocycles. The quantitative estimate of drug-likeness (QED) is 0.924. The SMILES string of the molecule is CC1COC(CO)CN1C(=O)Cc1csc(-c2ccoc2)n1. The Morgan fingerprint density at radius 1 is 1.59 bits per heavy atom. The van der Waals surface area contributed by atoms with Crippen LogP contribution in [0.4, 0.5) is 0 Å². The van der Waals surface area contributed by atoms with Crippen molar-refractivity contribution < 1.29 is 19.1 Å². The molecule has 1 aliphatic rings. The van der Waals surface area contributed by atoms with E-state index in [0.29, 0.717) is 13.2 Å². The Hall–Kier alpha value is -1.70. The van der Waals surface area contributed by atoms with E-state index in [1.165, 1.54) is 11.3 Å². The molecule has 2 aromatic heterocycles. The summed E-state index contributed by atoms with van der Waals surface area (Å²) in [5.41, 5.74) is 1.68. The van der Waals surface area contributed by atoms with Crippen LogP contribution in [0.1, 0.15) is 12.6 Å². The van der Waals surface area contributed by atoms with Crippen molar-refractivity contribution in [2.24, 2.45) is 0 Å². The number of furan rings is 1. The number of aliphatic hydroxyl groups excluding tert-OH is 1. The number of aromatic nitrogens is 1. The minimum absolute atomic E-state index is 0.0123. The number of rotatable bonds is 4. The number of amides is 1. The maximum absolute atomic E-state index is 12.5. The lowest BCUT2D eigenvalue weighted by atomic mass is 10.1. The van der Waals surface area contributed by atoms with E-state index in [9.17, 15) is 9.90 Å². The molecule has 1 N–H and O–H groups in total. The first-order valence-electron chi connectivity index (χ1n) is 7.16. The molecule has 1 aliphatic heterocycles. The van der Waals surface area contributed by atoms with Gasteiger partial charge < -0.3 is 19.2 Å². The Balaban J connectivity index is 1.66. The van der Waals surface area contributed by atoms with Crippen molar-refractivity contribution in [3.8, 4) is 10.6 Å². The van der Waals surface area contributed by atoms with E-state index < -0.39 is 0 Å². The van der Waals surface area contributed by atoms with Gasteiger partial charge in [0.15, 0.2) is 0 Å². The standard InChI is InChI=1S/C15H18N2O4S/c1-10-7-21-13(6-18)5-17(10)14(19)4-12-9-22-15(16-12)11-2-3-20-8-11/h2-3,8-10,13,18H,4-7H2,1H3.